The summed E-state index contributed by atoms with van der Waals surface area (Å²) in [6.07, 6.45) is -0.780. The fraction of sp³-hybridized carbons (Fsp3) is 0.500. The molecule has 0 heterocycles. The van der Waals surface area contributed by atoms with Gasteiger partial charge in [0.1, 0.15) is 5.82 Å². The highest BCUT2D eigenvalue weighted by Gasteiger charge is 2.30. The number of benzene rings is 1. The normalized spacial score (nSPS) is 20.8. The van der Waals surface area contributed by atoms with Crippen molar-refractivity contribution in [2.75, 3.05) is 11.1 Å². The molecular formula is C16H18F3NO3S. The topological polar surface area (TPSA) is 66.4 Å². The van der Waals surface area contributed by atoms with Crippen LogP contribution in [-0.4, -0.2) is 29.2 Å². The van der Waals surface area contributed by atoms with E-state index in [2.05, 4.69) is 5.32 Å². The van der Waals surface area contributed by atoms with E-state index < -0.39 is 29.9 Å². The number of carbonyl (C=O) groups is 2. The molecule has 2 rings (SSSR count). The zero-order valence-corrected chi connectivity index (χ0v) is 13.6. The molecule has 4 nitrogen and oxygen atoms in total. The minimum Gasteiger partial charge on any atom is -0.481 e. The van der Waals surface area contributed by atoms with Gasteiger partial charge in [0.25, 0.3) is 0 Å². The number of anilines is 1. The number of hydrogen-bond donors (Lipinski definition) is 2. The van der Waals surface area contributed by atoms with Crippen molar-refractivity contribution in [1.29, 1.82) is 0 Å². The van der Waals surface area contributed by atoms with Crippen molar-refractivity contribution >= 4 is 29.3 Å². The molecule has 2 N–H and O–H groups in total. The monoisotopic (exact) mass is 361 g/mol. The lowest BCUT2D eigenvalue weighted by atomic mass is 9.81. The summed E-state index contributed by atoms with van der Waals surface area (Å²) >= 11 is 0.848. The lowest BCUT2D eigenvalue weighted by Gasteiger charge is -2.25. The summed E-state index contributed by atoms with van der Waals surface area (Å²) in [5.74, 6) is -2.98. The molecule has 0 bridgehead atoms. The highest BCUT2D eigenvalue weighted by atomic mass is 32.2. The van der Waals surface area contributed by atoms with Crippen molar-refractivity contribution in [1.82, 2.24) is 0 Å². The van der Waals surface area contributed by atoms with Crippen LogP contribution >= 0.6 is 11.8 Å². The van der Waals surface area contributed by atoms with Crippen LogP contribution in [0.3, 0.4) is 0 Å². The second-order valence-corrected chi connectivity index (χ2v) is 6.78. The standard InChI is InChI=1S/C16H18F3NO3S/c17-11-5-6-13(24-8-14(18)19)12(7-11)20-15(21)9-1-3-10(4-2-9)16(22)23/h5-7,9-10,14H,1-4,8H2,(H,20,21)(H,22,23). The lowest BCUT2D eigenvalue weighted by molar-refractivity contribution is -0.143. The van der Waals surface area contributed by atoms with E-state index in [4.69, 9.17) is 5.11 Å². The van der Waals surface area contributed by atoms with Gasteiger partial charge >= 0.3 is 5.97 Å². The lowest BCUT2D eigenvalue weighted by Crippen LogP contribution is -2.29. The average molecular weight is 361 g/mol. The summed E-state index contributed by atoms with van der Waals surface area (Å²) in [6.45, 7) is 0. The van der Waals surface area contributed by atoms with Crippen LogP contribution in [0.5, 0.6) is 0 Å². The Morgan fingerprint density at radius 3 is 2.42 bits per heavy atom. The molecule has 0 radical (unpaired) electrons. The first-order valence-electron chi connectivity index (χ1n) is 7.61. The van der Waals surface area contributed by atoms with Crippen LogP contribution in [-0.2, 0) is 9.59 Å². The molecule has 1 saturated carbocycles. The number of carbonyl (C=O) groups excluding carboxylic acids is 1. The van der Waals surface area contributed by atoms with Gasteiger partial charge in [-0.05, 0) is 43.9 Å². The van der Waals surface area contributed by atoms with Gasteiger partial charge in [0.2, 0.25) is 12.3 Å². The van der Waals surface area contributed by atoms with E-state index in [1.54, 1.807) is 0 Å². The molecule has 1 amide bonds. The van der Waals surface area contributed by atoms with Gasteiger partial charge in [-0.15, -0.1) is 11.8 Å². The van der Waals surface area contributed by atoms with Crippen molar-refractivity contribution in [3.63, 3.8) is 0 Å². The minimum atomic E-state index is -2.50. The summed E-state index contributed by atoms with van der Waals surface area (Å²) in [5.41, 5.74) is 0.172. The Morgan fingerprint density at radius 1 is 1.21 bits per heavy atom. The molecule has 8 heteroatoms. The molecule has 1 aliphatic rings. The molecule has 1 aromatic carbocycles. The van der Waals surface area contributed by atoms with Crippen LogP contribution in [0.1, 0.15) is 25.7 Å². The van der Waals surface area contributed by atoms with Crippen LogP contribution in [0, 0.1) is 17.7 Å². The van der Waals surface area contributed by atoms with Gasteiger partial charge in [-0.25, -0.2) is 13.2 Å². The van der Waals surface area contributed by atoms with Gasteiger partial charge < -0.3 is 10.4 Å². The van der Waals surface area contributed by atoms with E-state index >= 15 is 0 Å². The third-order valence-corrected chi connectivity index (χ3v) is 5.10. The Balaban J connectivity index is 2.00. The summed E-state index contributed by atoms with van der Waals surface area (Å²) in [4.78, 5) is 23.6. The Bertz CT molecular complexity index is 604. The van der Waals surface area contributed by atoms with E-state index in [9.17, 15) is 22.8 Å². The fourth-order valence-corrected chi connectivity index (χ4v) is 3.45. The maximum Gasteiger partial charge on any atom is 0.306 e. The first kappa shape index (κ1) is 18.6. The maximum absolute atomic E-state index is 13.4. The summed E-state index contributed by atoms with van der Waals surface area (Å²) in [7, 11) is 0. The van der Waals surface area contributed by atoms with Crippen molar-refractivity contribution in [2.45, 2.75) is 37.0 Å². The average Bonchev–Trinajstić information content (AvgIpc) is 2.54. The largest absolute Gasteiger partial charge is 0.481 e. The number of carboxylic acids is 1. The Kier molecular flexibility index (Phi) is 6.53. The van der Waals surface area contributed by atoms with Gasteiger partial charge in [-0.3, -0.25) is 9.59 Å². The first-order valence-corrected chi connectivity index (χ1v) is 8.59. The predicted molar refractivity (Wildman–Crippen MR) is 84.8 cm³/mol. The van der Waals surface area contributed by atoms with Crippen LogP contribution in [0.2, 0.25) is 0 Å². The molecule has 0 unspecified atom stereocenters. The third kappa shape index (κ3) is 5.15. The van der Waals surface area contributed by atoms with Crippen molar-refractivity contribution in [2.24, 2.45) is 11.8 Å². The van der Waals surface area contributed by atoms with E-state index in [0.29, 0.717) is 30.6 Å². The molecule has 1 aromatic rings. The van der Waals surface area contributed by atoms with Gasteiger partial charge in [0.05, 0.1) is 17.4 Å². The van der Waals surface area contributed by atoms with Gasteiger partial charge in [0, 0.05) is 10.8 Å². The van der Waals surface area contributed by atoms with Gasteiger partial charge in [0.15, 0.2) is 0 Å². The zero-order valence-electron chi connectivity index (χ0n) is 12.8. The Labute approximate surface area is 141 Å². The van der Waals surface area contributed by atoms with E-state index in [-0.39, 0.29) is 17.5 Å². The number of nitrogens with one attached hydrogen (secondary N) is 1. The number of halogens is 3. The first-order chi connectivity index (χ1) is 11.4. The summed E-state index contributed by atoms with van der Waals surface area (Å²) in [5, 5.41) is 11.6. The third-order valence-electron chi connectivity index (χ3n) is 4.01. The fourth-order valence-electron chi connectivity index (χ4n) is 2.72. The number of amides is 1. The Hall–Kier alpha value is -1.70. The maximum atomic E-state index is 13.4. The minimum absolute atomic E-state index is 0.172. The molecule has 24 heavy (non-hydrogen) atoms. The molecule has 0 aromatic heterocycles. The van der Waals surface area contributed by atoms with Crippen molar-refractivity contribution in [3.8, 4) is 0 Å². The smallest absolute Gasteiger partial charge is 0.306 e. The molecule has 1 aliphatic carbocycles. The molecule has 0 atom stereocenters. The summed E-state index contributed by atoms with van der Waals surface area (Å²) in [6, 6.07) is 3.62. The molecule has 132 valence electrons. The van der Waals surface area contributed by atoms with E-state index in [0.717, 1.165) is 23.9 Å². The second kappa shape index (κ2) is 8.41. The SMILES string of the molecule is O=C(O)C1CCC(C(=O)Nc2cc(F)ccc2SCC(F)F)CC1. The van der Waals surface area contributed by atoms with Gasteiger partial charge in [-0.2, -0.15) is 0 Å². The molecule has 0 saturated heterocycles. The highest BCUT2D eigenvalue weighted by molar-refractivity contribution is 7.99. The highest BCUT2D eigenvalue weighted by Crippen LogP contribution is 2.32. The molecule has 0 aliphatic heterocycles. The second-order valence-electron chi connectivity index (χ2n) is 5.72. The molecule has 0 spiro atoms. The number of alkyl halides is 2. The van der Waals surface area contributed by atoms with Crippen LogP contribution < -0.4 is 5.32 Å². The van der Waals surface area contributed by atoms with Gasteiger partial charge in [-0.1, -0.05) is 0 Å². The predicted octanol–water partition coefficient (Wildman–Crippen LogP) is 4.01. The zero-order chi connectivity index (χ0) is 17.7. The van der Waals surface area contributed by atoms with Crippen LogP contribution in [0.15, 0.2) is 23.1 Å². The van der Waals surface area contributed by atoms with E-state index in [1.165, 1.54) is 6.07 Å². The van der Waals surface area contributed by atoms with Crippen molar-refractivity contribution < 1.29 is 27.9 Å². The number of rotatable bonds is 6. The molecule has 1 fully saturated rings. The molecular weight excluding hydrogens is 343 g/mol. The quantitative estimate of drug-likeness (QED) is 0.752. The number of thioether (sulfide) groups is 1. The van der Waals surface area contributed by atoms with Crippen LogP contribution in [0.25, 0.3) is 0 Å². The van der Waals surface area contributed by atoms with Crippen molar-refractivity contribution in [3.05, 3.63) is 24.0 Å². The number of hydrogen-bond acceptors (Lipinski definition) is 3. The summed E-state index contributed by atoms with van der Waals surface area (Å²) < 4.78 is 38.1. The van der Waals surface area contributed by atoms with Crippen LogP contribution in [0.4, 0.5) is 18.9 Å². The number of carboxylic acid groups (broad SMARTS) is 1. The van der Waals surface area contributed by atoms with E-state index in [1.807, 2.05) is 0 Å². The number of aliphatic carboxylic acids is 1. The Morgan fingerprint density at radius 2 is 1.83 bits per heavy atom.